The van der Waals surface area contributed by atoms with Gasteiger partial charge in [-0.1, -0.05) is 18.2 Å². The summed E-state index contributed by atoms with van der Waals surface area (Å²) < 4.78 is 0. The molecule has 0 radical (unpaired) electrons. The van der Waals surface area contributed by atoms with E-state index in [0.717, 1.165) is 6.08 Å². The Morgan fingerprint density at radius 2 is 2.00 bits per heavy atom. The number of carboxylic acids is 1. The van der Waals surface area contributed by atoms with Crippen molar-refractivity contribution in [3.63, 3.8) is 0 Å². The number of allylic oxidation sites excluding steroid dienone is 3. The van der Waals surface area contributed by atoms with Gasteiger partial charge in [-0.25, -0.2) is 0 Å². The predicted molar refractivity (Wildman–Crippen MR) is 34.7 cm³/mol. The first kappa shape index (κ1) is 11.3. The second-order valence-corrected chi connectivity index (χ2v) is 1.20. The molecule has 0 bridgehead atoms. The van der Waals surface area contributed by atoms with Gasteiger partial charge in [0.05, 0.1) is 5.97 Å². The van der Waals surface area contributed by atoms with Gasteiger partial charge in [-0.05, 0) is 13.0 Å². The van der Waals surface area contributed by atoms with Crippen LogP contribution in [-0.2, 0) is 4.79 Å². The van der Waals surface area contributed by atoms with Crippen molar-refractivity contribution >= 4 is 23.3 Å². The van der Waals surface area contributed by atoms with Crippen LogP contribution in [0.1, 0.15) is 6.92 Å². The fourth-order valence-corrected chi connectivity index (χ4v) is 0.245. The van der Waals surface area contributed by atoms with Crippen molar-refractivity contribution in [3.8, 4) is 0 Å². The van der Waals surface area contributed by atoms with Crippen LogP contribution in [0.3, 0.4) is 0 Å². The minimum atomic E-state index is -1.16. The third-order valence-electron chi connectivity index (χ3n) is 0.536. The molecular weight excluding hydrogens is 131 g/mol. The van der Waals surface area contributed by atoms with Crippen molar-refractivity contribution in [1.29, 1.82) is 0 Å². The van der Waals surface area contributed by atoms with Crippen LogP contribution >= 0.6 is 0 Å². The van der Waals surface area contributed by atoms with Crippen LogP contribution in [0, 0.1) is 0 Å². The molecule has 0 fully saturated rings. The van der Waals surface area contributed by atoms with Crippen LogP contribution in [0.15, 0.2) is 24.3 Å². The topological polar surface area (TPSA) is 40.1 Å². The van der Waals surface area contributed by atoms with Crippen LogP contribution in [0.2, 0.25) is 0 Å². The molecule has 0 aliphatic carbocycles. The summed E-state index contributed by atoms with van der Waals surface area (Å²) in [7, 11) is 0. The molecule has 0 aliphatic rings. The van der Waals surface area contributed by atoms with Crippen LogP contribution in [-0.4, -0.2) is 23.3 Å². The maximum Gasteiger partial charge on any atom is 3.00 e. The van der Waals surface area contributed by atoms with Gasteiger partial charge in [-0.15, -0.1) is 0 Å². The quantitative estimate of drug-likeness (QED) is 0.293. The van der Waals surface area contributed by atoms with Gasteiger partial charge in [0.2, 0.25) is 0 Å². The summed E-state index contributed by atoms with van der Waals surface area (Å²) in [5, 5.41) is 9.64. The molecule has 0 aromatic carbocycles. The molecule has 0 spiro atoms. The summed E-state index contributed by atoms with van der Waals surface area (Å²) in [5.74, 6) is -1.16. The van der Waals surface area contributed by atoms with Gasteiger partial charge in [-0.3, -0.25) is 0 Å². The Hall–Kier alpha value is -0.518. The van der Waals surface area contributed by atoms with E-state index in [4.69, 9.17) is 0 Å². The normalized spacial score (nSPS) is 9.89. The second kappa shape index (κ2) is 7.48. The number of carbonyl (C=O) groups is 1. The van der Waals surface area contributed by atoms with E-state index < -0.39 is 5.97 Å². The molecule has 0 heterocycles. The number of hydrogen-bond donors (Lipinski definition) is 0. The van der Waals surface area contributed by atoms with Gasteiger partial charge in [0.1, 0.15) is 0 Å². The van der Waals surface area contributed by atoms with Gasteiger partial charge in [0.25, 0.3) is 0 Å². The van der Waals surface area contributed by atoms with Gasteiger partial charge >= 0.3 is 17.4 Å². The van der Waals surface area contributed by atoms with E-state index in [9.17, 15) is 9.90 Å². The van der Waals surface area contributed by atoms with Gasteiger partial charge in [0.15, 0.2) is 0 Å². The molecule has 2 nitrogen and oxygen atoms in total. The van der Waals surface area contributed by atoms with E-state index in [1.165, 1.54) is 6.08 Å². The maximum atomic E-state index is 9.64. The first-order valence-corrected chi connectivity index (χ1v) is 2.27. The summed E-state index contributed by atoms with van der Waals surface area (Å²) in [5.41, 5.74) is 0. The molecule has 0 aliphatic heterocycles. The molecule has 44 valence electrons. The molecule has 9 heavy (non-hydrogen) atoms. The second-order valence-electron chi connectivity index (χ2n) is 1.20. The largest absolute Gasteiger partial charge is 3.00 e. The summed E-state index contributed by atoms with van der Waals surface area (Å²) in [6, 6.07) is 0. The van der Waals surface area contributed by atoms with Crippen LogP contribution in [0.5, 0.6) is 0 Å². The number of carbonyl (C=O) groups excluding carboxylic acids is 1. The van der Waals surface area contributed by atoms with E-state index in [0.29, 0.717) is 0 Å². The molecule has 0 atom stereocenters. The van der Waals surface area contributed by atoms with E-state index in [1.54, 1.807) is 19.1 Å². The fraction of sp³-hybridized carbons (Fsp3) is 0.167. The molecule has 0 saturated carbocycles. The van der Waals surface area contributed by atoms with Gasteiger partial charge in [0, 0.05) is 0 Å². The van der Waals surface area contributed by atoms with Crippen molar-refractivity contribution in [1.82, 2.24) is 0 Å². The van der Waals surface area contributed by atoms with E-state index in [-0.39, 0.29) is 17.4 Å². The van der Waals surface area contributed by atoms with Gasteiger partial charge in [-0.2, -0.15) is 0 Å². The number of carboxylic acid groups (broad SMARTS) is 1. The molecule has 0 amide bonds. The Balaban J connectivity index is 0. The molecule has 0 rings (SSSR count). The van der Waals surface area contributed by atoms with Gasteiger partial charge < -0.3 is 9.90 Å². The Kier molecular flexibility index (Phi) is 9.40. The fourth-order valence-electron chi connectivity index (χ4n) is 0.245. The minimum absolute atomic E-state index is 0. The smallest absolute Gasteiger partial charge is 0.545 e. The first-order chi connectivity index (χ1) is 3.77. The molecule has 0 aromatic rings. The molecule has 0 N–H and O–H groups in total. The Bertz CT molecular complexity index is 127. The van der Waals surface area contributed by atoms with E-state index in [2.05, 4.69) is 0 Å². The van der Waals surface area contributed by atoms with Crippen LogP contribution < -0.4 is 5.11 Å². The Morgan fingerprint density at radius 3 is 2.33 bits per heavy atom. The summed E-state index contributed by atoms with van der Waals surface area (Å²) in [6.07, 6.45) is 5.74. The zero-order chi connectivity index (χ0) is 6.41. The summed E-state index contributed by atoms with van der Waals surface area (Å²) in [6.45, 7) is 1.81. The average molecular weight is 138 g/mol. The van der Waals surface area contributed by atoms with E-state index >= 15 is 0 Å². The first-order valence-electron chi connectivity index (χ1n) is 2.27. The third kappa shape index (κ3) is 11.2. The average Bonchev–Trinajstić information content (AvgIpc) is 1.66. The summed E-state index contributed by atoms with van der Waals surface area (Å²) in [4.78, 5) is 9.64. The zero-order valence-electron chi connectivity index (χ0n) is 5.20. The molecule has 0 unspecified atom stereocenters. The van der Waals surface area contributed by atoms with Crippen molar-refractivity contribution in [2.24, 2.45) is 0 Å². The maximum absolute atomic E-state index is 9.64. The molecular formula is C6H7AlO2+2. The standard InChI is InChI=1S/C6H8O2.Al/c1-2-3-4-5-6(7)8;/h2-5H,1H3,(H,7,8);/q;+3/p-1/b3-2+,5-4+;. The molecule has 3 heteroatoms. The Labute approximate surface area is 65.0 Å². The van der Waals surface area contributed by atoms with Crippen LogP contribution in [0.25, 0.3) is 0 Å². The van der Waals surface area contributed by atoms with Crippen molar-refractivity contribution in [2.45, 2.75) is 6.92 Å². The predicted octanol–water partition coefficient (Wildman–Crippen LogP) is -0.512. The van der Waals surface area contributed by atoms with Crippen molar-refractivity contribution < 1.29 is 9.90 Å². The number of rotatable bonds is 2. The zero-order valence-corrected chi connectivity index (χ0v) is 6.36. The number of hydrogen-bond acceptors (Lipinski definition) is 2. The van der Waals surface area contributed by atoms with Crippen molar-refractivity contribution in [3.05, 3.63) is 24.3 Å². The number of aliphatic carboxylic acids is 1. The molecule has 0 saturated heterocycles. The minimum Gasteiger partial charge on any atom is -0.545 e. The van der Waals surface area contributed by atoms with Crippen molar-refractivity contribution in [2.75, 3.05) is 0 Å². The Morgan fingerprint density at radius 1 is 1.44 bits per heavy atom. The van der Waals surface area contributed by atoms with Crippen LogP contribution in [0.4, 0.5) is 0 Å². The SMILES string of the molecule is C/C=C/C=C/C(=O)[O-].[Al+3]. The van der Waals surface area contributed by atoms with E-state index in [1.807, 2.05) is 0 Å². The molecule has 0 aromatic heterocycles. The monoisotopic (exact) mass is 138 g/mol. The summed E-state index contributed by atoms with van der Waals surface area (Å²) >= 11 is 0. The third-order valence-corrected chi connectivity index (χ3v) is 0.536.